The van der Waals surface area contributed by atoms with Crippen LogP contribution >= 0.6 is 34.5 Å². The number of hydrogen-bond donors (Lipinski definition) is 1. The molecule has 1 fully saturated rings. The molecule has 4 atom stereocenters. The Morgan fingerprint density at radius 3 is 2.67 bits per heavy atom. The maximum Gasteiger partial charge on any atom is 0.0991 e. The molecular weight excluding hydrogens is 285 g/mol. The summed E-state index contributed by atoms with van der Waals surface area (Å²) in [5.41, 5.74) is 1.14. The van der Waals surface area contributed by atoms with Crippen molar-refractivity contribution in [1.82, 2.24) is 5.32 Å². The lowest BCUT2D eigenvalue weighted by Gasteiger charge is -2.25. The van der Waals surface area contributed by atoms with Gasteiger partial charge in [0.2, 0.25) is 0 Å². The van der Waals surface area contributed by atoms with Crippen molar-refractivity contribution in [3.8, 4) is 0 Å². The van der Waals surface area contributed by atoms with E-state index in [1.165, 1.54) is 30.6 Å². The van der Waals surface area contributed by atoms with Gasteiger partial charge in [0.25, 0.3) is 0 Å². The molecule has 1 aromatic rings. The summed E-state index contributed by atoms with van der Waals surface area (Å²) < 4.78 is 1.59. The average Bonchev–Trinajstić information content (AvgIpc) is 2.83. The van der Waals surface area contributed by atoms with Crippen molar-refractivity contribution in [3.05, 3.63) is 20.3 Å². The third kappa shape index (κ3) is 3.04. The summed E-state index contributed by atoms with van der Waals surface area (Å²) in [5, 5.41) is 3.73. The second kappa shape index (κ2) is 6.13. The first-order valence-corrected chi connectivity index (χ1v) is 8.31. The molecule has 2 rings (SSSR count). The van der Waals surface area contributed by atoms with E-state index in [0.717, 1.165) is 26.1 Å². The van der Waals surface area contributed by atoms with Gasteiger partial charge in [0, 0.05) is 12.1 Å². The molecule has 0 radical (unpaired) electrons. The molecule has 0 bridgehead atoms. The molecule has 1 saturated carbocycles. The highest BCUT2D eigenvalue weighted by Gasteiger charge is 2.32. The smallest absolute Gasteiger partial charge is 0.0991 e. The Morgan fingerprint density at radius 1 is 1.44 bits per heavy atom. The highest BCUT2D eigenvalue weighted by Crippen LogP contribution is 2.38. The molecule has 1 aliphatic rings. The largest absolute Gasteiger partial charge is 0.307 e. The van der Waals surface area contributed by atoms with Crippen molar-refractivity contribution in [3.63, 3.8) is 0 Å². The van der Waals surface area contributed by atoms with Gasteiger partial charge in [-0.05, 0) is 43.2 Å². The lowest BCUT2D eigenvalue weighted by Crippen LogP contribution is -2.34. The Kier molecular flexibility index (Phi) is 4.99. The first-order chi connectivity index (χ1) is 8.52. The van der Waals surface area contributed by atoms with Gasteiger partial charge < -0.3 is 5.32 Å². The summed E-state index contributed by atoms with van der Waals surface area (Å²) in [6.45, 7) is 6.84. The zero-order chi connectivity index (χ0) is 13.3. The minimum Gasteiger partial charge on any atom is -0.307 e. The molecule has 0 aliphatic heterocycles. The molecule has 0 amide bonds. The highest BCUT2D eigenvalue weighted by atomic mass is 35.5. The average molecular weight is 306 g/mol. The Labute approximate surface area is 124 Å². The Morgan fingerprint density at radius 2 is 2.17 bits per heavy atom. The van der Waals surface area contributed by atoms with Crippen molar-refractivity contribution >= 4 is 34.5 Å². The number of halogens is 2. The van der Waals surface area contributed by atoms with Crippen LogP contribution in [-0.4, -0.2) is 6.04 Å². The molecule has 102 valence electrons. The molecule has 4 heteroatoms. The third-order valence-electron chi connectivity index (χ3n) is 4.36. The van der Waals surface area contributed by atoms with Crippen LogP contribution < -0.4 is 5.32 Å². The second-order valence-electron chi connectivity index (χ2n) is 5.38. The van der Waals surface area contributed by atoms with Crippen LogP contribution in [-0.2, 0) is 0 Å². The summed E-state index contributed by atoms with van der Waals surface area (Å²) in [7, 11) is 0. The lowest BCUT2D eigenvalue weighted by molar-refractivity contribution is 0.327. The fourth-order valence-corrected chi connectivity index (χ4v) is 4.76. The third-order valence-corrected chi connectivity index (χ3v) is 5.88. The number of nitrogens with one attached hydrogen (secondary N) is 1. The van der Waals surface area contributed by atoms with Gasteiger partial charge in [0.1, 0.15) is 0 Å². The molecule has 4 unspecified atom stereocenters. The lowest BCUT2D eigenvalue weighted by atomic mass is 9.93. The van der Waals surface area contributed by atoms with E-state index < -0.39 is 0 Å². The number of rotatable bonds is 4. The molecule has 1 aromatic heterocycles. The van der Waals surface area contributed by atoms with E-state index in [-0.39, 0.29) is 6.04 Å². The first-order valence-electron chi connectivity index (χ1n) is 6.73. The van der Waals surface area contributed by atoms with Crippen molar-refractivity contribution in [2.75, 3.05) is 0 Å². The fraction of sp³-hybridized carbons (Fsp3) is 0.714. The van der Waals surface area contributed by atoms with Gasteiger partial charge in [-0.2, -0.15) is 0 Å². The van der Waals surface area contributed by atoms with Crippen LogP contribution in [0.2, 0.25) is 8.67 Å². The van der Waals surface area contributed by atoms with E-state index in [4.69, 9.17) is 23.2 Å². The van der Waals surface area contributed by atoms with Crippen molar-refractivity contribution in [2.45, 2.75) is 52.1 Å². The van der Waals surface area contributed by atoms with Gasteiger partial charge in [0.05, 0.1) is 8.67 Å². The van der Waals surface area contributed by atoms with Crippen molar-refractivity contribution < 1.29 is 0 Å². The van der Waals surface area contributed by atoms with E-state index in [0.29, 0.717) is 6.04 Å². The summed E-state index contributed by atoms with van der Waals surface area (Å²) in [6, 6.07) is 2.88. The maximum absolute atomic E-state index is 6.21. The van der Waals surface area contributed by atoms with Gasteiger partial charge >= 0.3 is 0 Å². The van der Waals surface area contributed by atoms with Crippen molar-refractivity contribution in [1.29, 1.82) is 0 Å². The summed E-state index contributed by atoms with van der Waals surface area (Å²) in [4.78, 5) is 0. The van der Waals surface area contributed by atoms with E-state index in [1.54, 1.807) is 0 Å². The number of thiophene rings is 1. The van der Waals surface area contributed by atoms with E-state index >= 15 is 0 Å². The quantitative estimate of drug-likeness (QED) is 0.771. The Balaban J connectivity index is 2.00. The molecule has 0 saturated heterocycles. The van der Waals surface area contributed by atoms with Crippen molar-refractivity contribution in [2.24, 2.45) is 11.8 Å². The van der Waals surface area contributed by atoms with Crippen LogP contribution in [0.4, 0.5) is 0 Å². The van der Waals surface area contributed by atoms with Crippen LogP contribution in [0.3, 0.4) is 0 Å². The molecule has 1 aliphatic carbocycles. The molecule has 18 heavy (non-hydrogen) atoms. The van der Waals surface area contributed by atoms with E-state index in [9.17, 15) is 0 Å². The normalized spacial score (nSPS) is 29.7. The summed E-state index contributed by atoms with van der Waals surface area (Å²) >= 11 is 13.7. The Bertz CT molecular complexity index is 404. The second-order valence-corrected chi connectivity index (χ2v) is 7.66. The van der Waals surface area contributed by atoms with E-state index in [1.807, 2.05) is 6.07 Å². The SMILES string of the molecule is CCC1CCC(NC(C)c2cc(Cl)sc2Cl)C1C. The highest BCUT2D eigenvalue weighted by molar-refractivity contribution is 7.20. The molecular formula is C14H21Cl2NS. The monoisotopic (exact) mass is 305 g/mol. The zero-order valence-corrected chi connectivity index (χ0v) is 13.5. The standard InChI is InChI=1S/C14H21Cl2NS/c1-4-10-5-6-12(8(10)2)17-9(3)11-7-13(15)18-14(11)16/h7-10,12,17H,4-6H2,1-3H3. The van der Waals surface area contributed by atoms with Gasteiger partial charge in [-0.3, -0.25) is 0 Å². The molecule has 1 heterocycles. The summed E-state index contributed by atoms with van der Waals surface area (Å²) in [5.74, 6) is 1.63. The minimum atomic E-state index is 0.282. The van der Waals surface area contributed by atoms with E-state index in [2.05, 4.69) is 26.1 Å². The predicted molar refractivity (Wildman–Crippen MR) is 81.9 cm³/mol. The van der Waals surface area contributed by atoms with Crippen LogP contribution in [0.1, 0.15) is 51.6 Å². The Hall–Kier alpha value is 0.240. The topological polar surface area (TPSA) is 12.0 Å². The van der Waals surface area contributed by atoms with Gasteiger partial charge in [-0.25, -0.2) is 0 Å². The first kappa shape index (κ1) is 14.6. The van der Waals surface area contributed by atoms with Crippen LogP contribution in [0.15, 0.2) is 6.07 Å². The molecule has 0 spiro atoms. The molecule has 0 aromatic carbocycles. The zero-order valence-electron chi connectivity index (χ0n) is 11.2. The summed E-state index contributed by atoms with van der Waals surface area (Å²) in [6.07, 6.45) is 3.92. The molecule has 1 nitrogen and oxygen atoms in total. The van der Waals surface area contributed by atoms with Crippen LogP contribution in [0, 0.1) is 11.8 Å². The van der Waals surface area contributed by atoms with Gasteiger partial charge in [-0.15, -0.1) is 11.3 Å². The number of hydrogen-bond acceptors (Lipinski definition) is 2. The maximum atomic E-state index is 6.21. The van der Waals surface area contributed by atoms with Gasteiger partial charge in [0.15, 0.2) is 0 Å². The van der Waals surface area contributed by atoms with Crippen LogP contribution in [0.5, 0.6) is 0 Å². The van der Waals surface area contributed by atoms with Gasteiger partial charge in [-0.1, -0.05) is 43.5 Å². The fourth-order valence-electron chi connectivity index (χ4n) is 3.12. The minimum absolute atomic E-state index is 0.282. The molecule has 1 N–H and O–H groups in total. The van der Waals surface area contributed by atoms with Crippen LogP contribution in [0.25, 0.3) is 0 Å². The predicted octanol–water partition coefficient (Wildman–Crippen LogP) is 5.53.